The normalized spacial score (nSPS) is 15.9. The number of methoxy groups -OCH3 is 1. The van der Waals surface area contributed by atoms with Crippen LogP contribution in [0.3, 0.4) is 0 Å². The molecule has 0 atom stereocenters. The molecule has 0 unspecified atom stereocenters. The number of thiophene rings is 1. The summed E-state index contributed by atoms with van der Waals surface area (Å²) in [5.41, 5.74) is 1.85. The second-order valence-corrected chi connectivity index (χ2v) is 8.51. The van der Waals surface area contributed by atoms with Crippen LogP contribution in [-0.4, -0.2) is 48.7 Å². The van der Waals surface area contributed by atoms with Gasteiger partial charge in [0.1, 0.15) is 12.4 Å². The van der Waals surface area contributed by atoms with E-state index in [0.29, 0.717) is 31.1 Å². The molecule has 1 aliphatic heterocycles. The van der Waals surface area contributed by atoms with Crippen LogP contribution in [0.15, 0.2) is 53.2 Å². The summed E-state index contributed by atoms with van der Waals surface area (Å²) in [5, 5.41) is 25.2. The fraction of sp³-hybridized carbons (Fsp3) is 0.320. The third kappa shape index (κ3) is 4.56. The van der Waals surface area contributed by atoms with Gasteiger partial charge in [-0.15, -0.1) is 0 Å². The molecule has 1 aliphatic rings. The number of carboxylic acids is 1. The Kier molecular flexibility index (Phi) is 6.91. The summed E-state index contributed by atoms with van der Waals surface area (Å²) >= 11 is 1.53. The Labute approximate surface area is 190 Å². The number of aliphatic hydroxyl groups excluding tert-OH is 1. The molecule has 32 heavy (non-hydrogen) atoms. The molecule has 7 heteroatoms. The monoisotopic (exact) mass is 454 g/mol. The number of carbonyl (C=O) groups is 1. The summed E-state index contributed by atoms with van der Waals surface area (Å²) in [4.78, 5) is 11.9. The second kappa shape index (κ2) is 9.83. The first-order valence-corrected chi connectivity index (χ1v) is 11.4. The predicted molar refractivity (Wildman–Crippen MR) is 125 cm³/mol. The van der Waals surface area contributed by atoms with Crippen molar-refractivity contribution in [2.24, 2.45) is 0 Å². The number of rotatable bonds is 8. The van der Waals surface area contributed by atoms with Gasteiger partial charge in [-0.25, -0.2) is 4.79 Å². The molecule has 1 fully saturated rings. The lowest BCUT2D eigenvalue weighted by Gasteiger charge is -2.33. The van der Waals surface area contributed by atoms with Crippen LogP contribution < -0.4 is 4.74 Å². The highest BCUT2D eigenvalue weighted by molar-refractivity contribution is 7.08. The summed E-state index contributed by atoms with van der Waals surface area (Å²) in [6.45, 7) is 1.38. The van der Waals surface area contributed by atoms with Crippen LogP contribution in [0, 0.1) is 0 Å². The smallest absolute Gasteiger partial charge is 0.336 e. The third-order valence-corrected chi connectivity index (χ3v) is 6.61. The zero-order valence-corrected chi connectivity index (χ0v) is 18.7. The molecule has 1 saturated heterocycles. The maximum atomic E-state index is 11.9. The van der Waals surface area contributed by atoms with E-state index in [4.69, 9.17) is 14.2 Å². The molecule has 0 amide bonds. The van der Waals surface area contributed by atoms with E-state index in [9.17, 15) is 15.0 Å². The first kappa shape index (κ1) is 22.5. The van der Waals surface area contributed by atoms with Gasteiger partial charge in [-0.3, -0.25) is 0 Å². The zero-order chi connectivity index (χ0) is 22.6. The summed E-state index contributed by atoms with van der Waals surface area (Å²) in [6, 6.07) is 9.16. The second-order valence-electron chi connectivity index (χ2n) is 7.73. The maximum Gasteiger partial charge on any atom is 0.336 e. The maximum absolute atomic E-state index is 11.9. The molecule has 2 heterocycles. The molecule has 0 saturated carbocycles. The zero-order valence-electron chi connectivity index (χ0n) is 17.9. The van der Waals surface area contributed by atoms with E-state index < -0.39 is 5.97 Å². The average molecular weight is 455 g/mol. The lowest BCUT2D eigenvalue weighted by Crippen LogP contribution is -2.36. The van der Waals surface area contributed by atoms with Gasteiger partial charge in [0.25, 0.3) is 0 Å². The molecule has 2 N–H and O–H groups in total. The van der Waals surface area contributed by atoms with Crippen LogP contribution in [-0.2, 0) is 16.1 Å². The van der Waals surface area contributed by atoms with E-state index in [1.165, 1.54) is 11.3 Å². The van der Waals surface area contributed by atoms with Crippen molar-refractivity contribution in [3.63, 3.8) is 0 Å². The molecule has 0 spiro atoms. The van der Waals surface area contributed by atoms with Crippen molar-refractivity contribution >= 4 is 28.1 Å². The largest absolute Gasteiger partial charge is 0.490 e. The van der Waals surface area contributed by atoms with Crippen molar-refractivity contribution < 1.29 is 29.2 Å². The Balaban J connectivity index is 1.62. The van der Waals surface area contributed by atoms with E-state index in [2.05, 4.69) is 0 Å². The number of carboxylic acid groups (broad SMARTS) is 1. The number of aliphatic hydroxyl groups is 1. The van der Waals surface area contributed by atoms with Gasteiger partial charge in [0.15, 0.2) is 0 Å². The fourth-order valence-corrected chi connectivity index (χ4v) is 4.82. The first-order chi connectivity index (χ1) is 15.6. The van der Waals surface area contributed by atoms with E-state index in [0.717, 1.165) is 34.7 Å². The van der Waals surface area contributed by atoms with E-state index in [1.807, 2.05) is 47.2 Å². The minimum absolute atomic E-state index is 0.0970. The molecule has 2 aromatic carbocycles. The average Bonchev–Trinajstić information content (AvgIpc) is 3.35. The van der Waals surface area contributed by atoms with Gasteiger partial charge in [0, 0.05) is 38.7 Å². The Morgan fingerprint density at radius 1 is 1.25 bits per heavy atom. The highest BCUT2D eigenvalue weighted by Crippen LogP contribution is 2.37. The number of aromatic carboxylic acids is 1. The minimum atomic E-state index is -1.07. The summed E-state index contributed by atoms with van der Waals surface area (Å²) in [5.74, 6) is -0.423. The predicted octanol–water partition coefficient (Wildman–Crippen LogP) is 4.89. The summed E-state index contributed by atoms with van der Waals surface area (Å²) in [7, 11) is 1.71. The van der Waals surface area contributed by atoms with Gasteiger partial charge < -0.3 is 24.4 Å². The Morgan fingerprint density at radius 3 is 2.72 bits per heavy atom. The van der Waals surface area contributed by atoms with Crippen LogP contribution in [0.4, 0.5) is 0 Å². The molecule has 0 aliphatic carbocycles. The van der Waals surface area contributed by atoms with Gasteiger partial charge in [0.2, 0.25) is 0 Å². The Morgan fingerprint density at radius 2 is 2.06 bits per heavy atom. The van der Waals surface area contributed by atoms with Crippen LogP contribution in [0.2, 0.25) is 0 Å². The highest BCUT2D eigenvalue weighted by atomic mass is 32.1. The van der Waals surface area contributed by atoms with Gasteiger partial charge >= 0.3 is 5.97 Å². The van der Waals surface area contributed by atoms with Crippen molar-refractivity contribution in [2.75, 3.05) is 26.9 Å². The molecular formula is C25H26O6S. The van der Waals surface area contributed by atoms with Crippen molar-refractivity contribution in [3.8, 4) is 16.9 Å². The quantitative estimate of drug-likeness (QED) is 0.472. The van der Waals surface area contributed by atoms with Crippen LogP contribution in [0.1, 0.15) is 28.8 Å². The molecule has 0 radical (unpaired) electrons. The molecule has 3 aromatic rings. The van der Waals surface area contributed by atoms with Crippen molar-refractivity contribution in [3.05, 3.63) is 64.4 Å². The SMILES string of the molecule is COC1(C=CCOc2ccc3c(-c4ccsc4)c(CO)c(C(=O)O)cc3c2)CCOCC1. The molecule has 1 aromatic heterocycles. The Hall–Kier alpha value is -2.71. The summed E-state index contributed by atoms with van der Waals surface area (Å²) < 4.78 is 17.0. The molecule has 4 rings (SSSR count). The number of benzene rings is 2. The van der Waals surface area contributed by atoms with Crippen LogP contribution >= 0.6 is 11.3 Å². The number of fused-ring (bicyclic) bond motifs is 1. The number of hydrogen-bond acceptors (Lipinski definition) is 6. The lowest BCUT2D eigenvalue weighted by molar-refractivity contribution is -0.0588. The topological polar surface area (TPSA) is 85.2 Å². The number of ether oxygens (including phenoxy) is 3. The van der Waals surface area contributed by atoms with E-state index in [-0.39, 0.29) is 17.8 Å². The van der Waals surface area contributed by atoms with Gasteiger partial charge in [-0.1, -0.05) is 12.1 Å². The third-order valence-electron chi connectivity index (χ3n) is 5.93. The molecular weight excluding hydrogens is 428 g/mol. The first-order valence-electron chi connectivity index (χ1n) is 10.5. The van der Waals surface area contributed by atoms with Gasteiger partial charge in [-0.05, 0) is 63.0 Å². The van der Waals surface area contributed by atoms with Crippen molar-refractivity contribution in [1.29, 1.82) is 0 Å². The van der Waals surface area contributed by atoms with E-state index in [1.54, 1.807) is 13.2 Å². The van der Waals surface area contributed by atoms with E-state index >= 15 is 0 Å². The van der Waals surface area contributed by atoms with Gasteiger partial charge in [0.05, 0.1) is 17.8 Å². The van der Waals surface area contributed by atoms with Crippen LogP contribution in [0.25, 0.3) is 21.9 Å². The Bertz CT molecular complexity index is 1110. The summed E-state index contributed by atoms with van der Waals surface area (Å²) in [6.07, 6.45) is 5.62. The van der Waals surface area contributed by atoms with Gasteiger partial charge in [-0.2, -0.15) is 11.3 Å². The highest BCUT2D eigenvalue weighted by Gasteiger charge is 2.29. The standard InChI is InChI=1S/C25H26O6S/c1-29-25(7-10-30-11-8-25)6-2-9-31-19-3-4-20-18(13-19)14-21(24(27)28)22(15-26)23(20)17-5-12-32-16-17/h2-6,12-14,16,26H,7-11,15H2,1H3,(H,27,28). The van der Waals surface area contributed by atoms with Crippen LogP contribution in [0.5, 0.6) is 5.75 Å². The molecule has 0 bridgehead atoms. The molecule has 6 nitrogen and oxygen atoms in total. The fourth-order valence-electron chi connectivity index (χ4n) is 4.17. The van der Waals surface area contributed by atoms with Crippen molar-refractivity contribution in [2.45, 2.75) is 25.0 Å². The minimum Gasteiger partial charge on any atom is -0.490 e. The molecule has 168 valence electrons. The lowest BCUT2D eigenvalue weighted by atomic mass is 9.91. The number of hydrogen-bond donors (Lipinski definition) is 2. The van der Waals surface area contributed by atoms with Crippen molar-refractivity contribution in [1.82, 2.24) is 0 Å².